The average Bonchev–Trinajstić information content (AvgIpc) is 3.17. The number of fused-ring (bicyclic) bond motifs is 1. The van der Waals surface area contributed by atoms with Crippen molar-refractivity contribution in [1.29, 1.82) is 0 Å². The van der Waals surface area contributed by atoms with Gasteiger partial charge in [0.1, 0.15) is 5.75 Å². The molecule has 36 heavy (non-hydrogen) atoms. The molecule has 1 aromatic carbocycles. The summed E-state index contributed by atoms with van der Waals surface area (Å²) in [4.78, 5) is 0.590. The normalized spacial score (nSPS) is 12.2. The molecule has 0 saturated heterocycles. The van der Waals surface area contributed by atoms with E-state index in [1.54, 1.807) is 0 Å². The molecule has 0 aliphatic heterocycles. The number of benzene rings is 1. The average molecular weight is 566 g/mol. The van der Waals surface area contributed by atoms with Gasteiger partial charge >= 0.3 is 51.4 Å². The van der Waals surface area contributed by atoms with Crippen LogP contribution in [0.4, 0.5) is 0 Å². The summed E-state index contributed by atoms with van der Waals surface area (Å²) in [5.41, 5.74) is 0.909. The molecule has 2 N–H and O–H groups in total. The molecule has 0 spiro atoms. The number of nitrogens with zero attached hydrogens (tertiary/aromatic N) is 2. The molecule has 2 aromatic rings. The van der Waals surface area contributed by atoms with E-state index in [0.29, 0.717) is 18.0 Å². The van der Waals surface area contributed by atoms with Crippen molar-refractivity contribution in [3.05, 3.63) is 23.0 Å². The van der Waals surface area contributed by atoms with E-state index in [1.807, 2.05) is 22.8 Å². The number of aryl methyl sites for hydroxylation is 1. The number of thiazole rings is 1. The quantitative estimate of drug-likeness (QED) is 0.0871. The molecule has 0 aliphatic carbocycles. The second-order valence-corrected chi connectivity index (χ2v) is 11.9. The number of unbranched alkanes of at least 4 members (excludes halogenated alkanes) is 13. The summed E-state index contributed by atoms with van der Waals surface area (Å²) >= 11 is 1.42. The zero-order valence-electron chi connectivity index (χ0n) is 22.4. The van der Waals surface area contributed by atoms with Gasteiger partial charge < -0.3 is 19.7 Å². The number of hydrogen-bond donors (Lipinski definition) is 1. The summed E-state index contributed by atoms with van der Waals surface area (Å²) in [6.07, 6.45) is 18.9. The summed E-state index contributed by atoms with van der Waals surface area (Å²) in [5.74, 6) is 5.92. The number of aromatic nitrogens is 1. The Morgan fingerprint density at radius 1 is 0.917 bits per heavy atom. The van der Waals surface area contributed by atoms with E-state index in [1.165, 1.54) is 94.8 Å². The fraction of sp³-hybridized carbons (Fsp3) is 0.731. The molecule has 0 amide bonds. The van der Waals surface area contributed by atoms with E-state index in [9.17, 15) is 13.0 Å². The Morgan fingerprint density at radius 3 is 2.00 bits per heavy atom. The molecule has 0 unspecified atom stereocenters. The van der Waals surface area contributed by atoms with Crippen LogP contribution >= 0.6 is 11.3 Å². The number of ether oxygens (including phenoxy) is 1. The molecule has 7 nitrogen and oxygen atoms in total. The second kappa shape index (κ2) is 20.0. The van der Waals surface area contributed by atoms with Gasteiger partial charge in [0, 0.05) is 12.3 Å². The van der Waals surface area contributed by atoms with Gasteiger partial charge in [-0.3, -0.25) is 0 Å². The van der Waals surface area contributed by atoms with Crippen molar-refractivity contribution in [3.63, 3.8) is 0 Å². The number of nitrogens with two attached hydrogens (primary N) is 1. The third-order valence-corrected chi connectivity index (χ3v) is 8.15. The first kappa shape index (κ1) is 34.1. The third kappa shape index (κ3) is 14.3. The monoisotopic (exact) mass is 565 g/mol. The van der Waals surface area contributed by atoms with Crippen LogP contribution in [0, 0.1) is 0 Å². The van der Waals surface area contributed by atoms with Crippen LogP contribution in [0.1, 0.15) is 103 Å². The summed E-state index contributed by atoms with van der Waals surface area (Å²) in [7, 11) is -4.23. The van der Waals surface area contributed by atoms with Gasteiger partial charge in [-0.2, -0.15) is 5.10 Å². The van der Waals surface area contributed by atoms with Crippen LogP contribution in [0.3, 0.4) is 0 Å². The van der Waals surface area contributed by atoms with Crippen LogP contribution in [0.5, 0.6) is 5.75 Å². The van der Waals surface area contributed by atoms with E-state index >= 15 is 0 Å². The smallest absolute Gasteiger partial charge is 0.748 e. The van der Waals surface area contributed by atoms with Crippen LogP contribution < -0.4 is 66.8 Å². The molecule has 0 aliphatic rings. The van der Waals surface area contributed by atoms with Gasteiger partial charge in [0.25, 0.3) is 0 Å². The molecule has 0 fully saturated rings. The van der Waals surface area contributed by atoms with E-state index in [2.05, 4.69) is 12.0 Å². The molecule has 200 valence electrons. The maximum Gasteiger partial charge on any atom is 1.00 e. The van der Waals surface area contributed by atoms with Crippen LogP contribution in [-0.4, -0.2) is 29.9 Å². The van der Waals surface area contributed by atoms with Crippen molar-refractivity contribution in [1.82, 2.24) is 4.57 Å². The van der Waals surface area contributed by atoms with E-state index in [4.69, 9.17) is 10.6 Å². The molecule has 10 heteroatoms. The number of hydrogen-bond acceptors (Lipinski definition) is 7. The van der Waals surface area contributed by atoms with Gasteiger partial charge in [-0.15, -0.1) is 0 Å². The Hall–Kier alpha value is 0.0564. The van der Waals surface area contributed by atoms with Gasteiger partial charge in [0.2, 0.25) is 4.80 Å². The van der Waals surface area contributed by atoms with Gasteiger partial charge in [-0.1, -0.05) is 102 Å². The molecule has 0 radical (unpaired) electrons. The van der Waals surface area contributed by atoms with Crippen molar-refractivity contribution in [2.24, 2.45) is 10.9 Å². The molecule has 1 heterocycles. The largest absolute Gasteiger partial charge is 1.00 e. The first-order chi connectivity index (χ1) is 16.9. The van der Waals surface area contributed by atoms with E-state index in [0.717, 1.165) is 22.4 Å². The summed E-state index contributed by atoms with van der Waals surface area (Å²) in [5, 5.41) is 3.81. The predicted molar refractivity (Wildman–Crippen MR) is 145 cm³/mol. The zero-order valence-corrected chi connectivity index (χ0v) is 27.1. The fourth-order valence-corrected chi connectivity index (χ4v) is 5.83. The first-order valence-electron chi connectivity index (χ1n) is 13.4. The van der Waals surface area contributed by atoms with Crippen molar-refractivity contribution < 1.29 is 69.1 Å². The van der Waals surface area contributed by atoms with E-state index < -0.39 is 15.9 Å². The Kier molecular flexibility index (Phi) is 19.0. The van der Waals surface area contributed by atoms with Crippen molar-refractivity contribution in [2.75, 3.05) is 12.4 Å². The Morgan fingerprint density at radius 2 is 1.47 bits per heavy atom. The summed E-state index contributed by atoms with van der Waals surface area (Å²) in [6.45, 7) is 3.34. The molecule has 0 saturated carbocycles. The van der Waals surface area contributed by atoms with Crippen LogP contribution in [-0.2, 0) is 16.7 Å². The van der Waals surface area contributed by atoms with Gasteiger partial charge in [-0.25, -0.2) is 8.42 Å². The van der Waals surface area contributed by atoms with Crippen molar-refractivity contribution in [3.8, 4) is 5.75 Å². The van der Waals surface area contributed by atoms with Crippen LogP contribution in [0.2, 0.25) is 0 Å². The second-order valence-electron chi connectivity index (χ2n) is 9.35. The first-order valence-corrected chi connectivity index (χ1v) is 15.8. The molecule has 0 atom stereocenters. The van der Waals surface area contributed by atoms with Crippen molar-refractivity contribution >= 4 is 31.7 Å². The minimum absolute atomic E-state index is 0. The zero-order chi connectivity index (χ0) is 25.4. The Balaban J connectivity index is 0.00000648. The molecule has 0 bridgehead atoms. The standard InChI is InChI=1S/C26H45N3O4S2.K/c1-2-3-4-5-6-7-8-9-10-11-12-13-14-15-20-33-23-17-18-24-25(22-23)34-26(28-27)29(24)19-16-21-35(30,31)32;/h17-18,22H,2-16,19-21,27H2,1H3,(H,30,31,32);/q;+1/p-1. The van der Waals surface area contributed by atoms with E-state index in [-0.39, 0.29) is 57.8 Å². The number of rotatable bonds is 20. The minimum atomic E-state index is -4.23. The maximum absolute atomic E-state index is 10.9. The molecule has 2 rings (SSSR count). The van der Waals surface area contributed by atoms with Gasteiger partial charge in [-0.05, 0) is 31.0 Å². The minimum Gasteiger partial charge on any atom is -0.748 e. The maximum atomic E-state index is 10.9. The third-order valence-electron chi connectivity index (χ3n) is 6.31. The molecular formula is C26H44KN3O4S2. The summed E-state index contributed by atoms with van der Waals surface area (Å²) in [6, 6.07) is 5.83. The molecule has 1 aromatic heterocycles. The fourth-order valence-electron chi connectivity index (χ4n) is 4.34. The summed E-state index contributed by atoms with van der Waals surface area (Å²) < 4.78 is 41.4. The van der Waals surface area contributed by atoms with Gasteiger partial charge in [0.05, 0.1) is 26.9 Å². The van der Waals surface area contributed by atoms with Crippen molar-refractivity contribution in [2.45, 2.75) is 110 Å². The van der Waals surface area contributed by atoms with Crippen LogP contribution in [0.25, 0.3) is 10.2 Å². The molecular weight excluding hydrogens is 522 g/mol. The predicted octanol–water partition coefficient (Wildman–Crippen LogP) is 3.28. The topological polar surface area (TPSA) is 110 Å². The van der Waals surface area contributed by atoms with Crippen LogP contribution in [0.15, 0.2) is 23.3 Å². The Bertz CT molecular complexity index is 1020. The SMILES string of the molecule is CCCCCCCCCCCCCCCCOc1ccc2c(c1)sc(=NN)n2CCCS(=O)(=O)[O-].[K+]. The van der Waals surface area contributed by atoms with Gasteiger partial charge in [0.15, 0.2) is 0 Å². The Labute approximate surface area is 264 Å².